The highest BCUT2D eigenvalue weighted by atomic mass is 16.2. The Morgan fingerprint density at radius 1 is 1.47 bits per heavy atom. The minimum absolute atomic E-state index is 0.00519. The molecule has 0 aliphatic heterocycles. The van der Waals surface area contributed by atoms with Crippen LogP contribution in [0.2, 0.25) is 0 Å². The van der Waals surface area contributed by atoms with Crippen LogP contribution in [0.5, 0.6) is 0 Å². The van der Waals surface area contributed by atoms with Gasteiger partial charge in [0.15, 0.2) is 0 Å². The van der Waals surface area contributed by atoms with E-state index in [-0.39, 0.29) is 17.9 Å². The van der Waals surface area contributed by atoms with Gasteiger partial charge < -0.3 is 10.6 Å². The Morgan fingerprint density at radius 3 is 2.47 bits per heavy atom. The van der Waals surface area contributed by atoms with Crippen molar-refractivity contribution in [2.24, 2.45) is 11.7 Å². The molecule has 1 amide bonds. The highest BCUT2D eigenvalue weighted by molar-refractivity contribution is 5.81. The van der Waals surface area contributed by atoms with Crippen LogP contribution in [0.15, 0.2) is 12.2 Å². The fourth-order valence-corrected chi connectivity index (χ4v) is 2.19. The van der Waals surface area contributed by atoms with Gasteiger partial charge in [0, 0.05) is 19.1 Å². The van der Waals surface area contributed by atoms with Gasteiger partial charge in [-0.15, -0.1) is 0 Å². The lowest BCUT2D eigenvalue weighted by atomic mass is 10.0. The predicted molar refractivity (Wildman–Crippen MR) is 62.4 cm³/mol. The second-order valence-electron chi connectivity index (χ2n) is 4.31. The lowest BCUT2D eigenvalue weighted by Crippen LogP contribution is -2.39. The Hall–Kier alpha value is -0.830. The monoisotopic (exact) mass is 210 g/mol. The number of rotatable bonds is 4. The van der Waals surface area contributed by atoms with Gasteiger partial charge in [0.25, 0.3) is 0 Å². The first-order valence-corrected chi connectivity index (χ1v) is 5.80. The van der Waals surface area contributed by atoms with Crippen LogP contribution in [0, 0.1) is 5.92 Å². The molecule has 0 aromatic heterocycles. The molecule has 1 aliphatic carbocycles. The number of hydrogen-bond acceptors (Lipinski definition) is 2. The highest BCUT2D eigenvalue weighted by Crippen LogP contribution is 2.20. The van der Waals surface area contributed by atoms with E-state index in [1.54, 1.807) is 0 Å². The maximum absolute atomic E-state index is 12.1. The summed E-state index contributed by atoms with van der Waals surface area (Å²) >= 11 is 0. The molecule has 0 bridgehead atoms. The Labute approximate surface area is 92.3 Å². The van der Waals surface area contributed by atoms with Gasteiger partial charge >= 0.3 is 0 Å². The lowest BCUT2D eigenvalue weighted by Gasteiger charge is -2.28. The maximum atomic E-state index is 12.1. The van der Waals surface area contributed by atoms with Crippen molar-refractivity contribution in [3.8, 4) is 0 Å². The average Bonchev–Trinajstić information content (AvgIpc) is 2.65. The maximum Gasteiger partial charge on any atom is 0.229 e. The van der Waals surface area contributed by atoms with Crippen molar-refractivity contribution in [2.75, 3.05) is 7.05 Å². The summed E-state index contributed by atoms with van der Waals surface area (Å²) in [4.78, 5) is 14.0. The van der Waals surface area contributed by atoms with E-state index in [4.69, 9.17) is 5.73 Å². The van der Waals surface area contributed by atoms with Crippen molar-refractivity contribution in [3.05, 3.63) is 12.2 Å². The van der Waals surface area contributed by atoms with Crippen molar-refractivity contribution in [1.82, 2.24) is 4.90 Å². The van der Waals surface area contributed by atoms with E-state index in [0.717, 1.165) is 19.3 Å². The molecule has 0 aromatic rings. The van der Waals surface area contributed by atoms with Crippen molar-refractivity contribution in [1.29, 1.82) is 0 Å². The predicted octanol–water partition coefficient (Wildman–Crippen LogP) is 1.54. The average molecular weight is 210 g/mol. The standard InChI is InChI=1S/C12H22N2O/c1-4-11(5-2)14(3)12(15)9-6-7-10(13)8-9/h6-7,9-11H,4-5,8,13H2,1-3H3. The number of carbonyl (C=O) groups excluding carboxylic acids is 1. The SMILES string of the molecule is CCC(CC)N(C)C(=O)C1C=CC(N)C1. The van der Waals surface area contributed by atoms with Gasteiger partial charge in [-0.3, -0.25) is 4.79 Å². The largest absolute Gasteiger partial charge is 0.342 e. The fourth-order valence-electron chi connectivity index (χ4n) is 2.19. The zero-order valence-corrected chi connectivity index (χ0v) is 9.94. The molecule has 2 atom stereocenters. The van der Waals surface area contributed by atoms with E-state index in [1.165, 1.54) is 0 Å². The zero-order chi connectivity index (χ0) is 11.4. The molecule has 0 fully saturated rings. The molecule has 0 heterocycles. The summed E-state index contributed by atoms with van der Waals surface area (Å²) in [6.45, 7) is 4.24. The third-order valence-corrected chi connectivity index (χ3v) is 3.27. The second kappa shape index (κ2) is 5.31. The van der Waals surface area contributed by atoms with Gasteiger partial charge in [-0.05, 0) is 19.3 Å². The molecule has 0 aromatic carbocycles. The molecular weight excluding hydrogens is 188 g/mol. The number of hydrogen-bond donors (Lipinski definition) is 1. The van der Waals surface area contributed by atoms with Gasteiger partial charge in [0.05, 0.1) is 5.92 Å². The Kier molecular flexibility index (Phi) is 4.33. The highest BCUT2D eigenvalue weighted by Gasteiger charge is 2.27. The molecule has 2 unspecified atom stereocenters. The molecule has 1 rings (SSSR count). The van der Waals surface area contributed by atoms with E-state index >= 15 is 0 Å². The van der Waals surface area contributed by atoms with Crippen LogP contribution < -0.4 is 5.73 Å². The summed E-state index contributed by atoms with van der Waals surface area (Å²) in [7, 11) is 1.90. The molecule has 15 heavy (non-hydrogen) atoms. The Morgan fingerprint density at radius 2 is 2.07 bits per heavy atom. The molecule has 0 saturated carbocycles. The molecule has 2 N–H and O–H groups in total. The van der Waals surface area contributed by atoms with Crippen LogP contribution in [0.1, 0.15) is 33.1 Å². The first kappa shape index (κ1) is 12.2. The summed E-state index contributed by atoms with van der Waals surface area (Å²) in [6, 6.07) is 0.428. The molecular formula is C12H22N2O. The topological polar surface area (TPSA) is 46.3 Å². The van der Waals surface area contributed by atoms with Gasteiger partial charge in [-0.25, -0.2) is 0 Å². The minimum Gasteiger partial charge on any atom is -0.342 e. The van der Waals surface area contributed by atoms with Crippen LogP contribution >= 0.6 is 0 Å². The van der Waals surface area contributed by atoms with Gasteiger partial charge in [-0.1, -0.05) is 26.0 Å². The van der Waals surface area contributed by atoms with E-state index in [0.29, 0.717) is 6.04 Å². The van der Waals surface area contributed by atoms with E-state index < -0.39 is 0 Å². The third kappa shape index (κ3) is 2.81. The Balaban J connectivity index is 2.56. The molecule has 0 spiro atoms. The van der Waals surface area contributed by atoms with Crippen molar-refractivity contribution < 1.29 is 4.79 Å². The van der Waals surface area contributed by atoms with Crippen LogP contribution in [0.3, 0.4) is 0 Å². The van der Waals surface area contributed by atoms with E-state index in [1.807, 2.05) is 24.1 Å². The zero-order valence-electron chi connectivity index (χ0n) is 9.94. The molecule has 3 nitrogen and oxygen atoms in total. The first-order valence-electron chi connectivity index (χ1n) is 5.80. The Bertz CT molecular complexity index is 246. The number of nitrogens with two attached hydrogens (primary N) is 1. The van der Waals surface area contributed by atoms with Gasteiger partial charge in [0.2, 0.25) is 5.91 Å². The van der Waals surface area contributed by atoms with Gasteiger partial charge in [-0.2, -0.15) is 0 Å². The van der Waals surface area contributed by atoms with E-state index in [9.17, 15) is 4.79 Å². The molecule has 0 saturated heterocycles. The normalized spacial score (nSPS) is 24.9. The minimum atomic E-state index is 0.00519. The number of nitrogens with zero attached hydrogens (tertiary/aromatic N) is 1. The summed E-state index contributed by atoms with van der Waals surface area (Å²) < 4.78 is 0. The smallest absolute Gasteiger partial charge is 0.229 e. The van der Waals surface area contributed by atoms with Crippen molar-refractivity contribution >= 4 is 5.91 Å². The molecule has 86 valence electrons. The van der Waals surface area contributed by atoms with Crippen LogP contribution in [-0.2, 0) is 4.79 Å². The lowest BCUT2D eigenvalue weighted by molar-refractivity contribution is -0.135. The first-order chi connectivity index (χ1) is 7.10. The quantitative estimate of drug-likeness (QED) is 0.715. The van der Waals surface area contributed by atoms with Gasteiger partial charge in [0.1, 0.15) is 0 Å². The number of carbonyl (C=O) groups is 1. The summed E-state index contributed by atoms with van der Waals surface area (Å²) in [5.74, 6) is 0.221. The summed E-state index contributed by atoms with van der Waals surface area (Å²) in [5.41, 5.74) is 5.75. The summed E-state index contributed by atoms with van der Waals surface area (Å²) in [6.07, 6.45) is 6.68. The fraction of sp³-hybridized carbons (Fsp3) is 0.750. The third-order valence-electron chi connectivity index (χ3n) is 3.27. The van der Waals surface area contributed by atoms with Crippen LogP contribution in [0.25, 0.3) is 0 Å². The van der Waals surface area contributed by atoms with Crippen molar-refractivity contribution in [3.63, 3.8) is 0 Å². The molecule has 3 heteroatoms. The van der Waals surface area contributed by atoms with Crippen LogP contribution in [-0.4, -0.2) is 29.9 Å². The number of amides is 1. The van der Waals surface area contributed by atoms with E-state index in [2.05, 4.69) is 13.8 Å². The van der Waals surface area contributed by atoms with Crippen LogP contribution in [0.4, 0.5) is 0 Å². The second-order valence-corrected chi connectivity index (χ2v) is 4.31. The van der Waals surface area contributed by atoms with Crippen molar-refractivity contribution in [2.45, 2.75) is 45.2 Å². The summed E-state index contributed by atoms with van der Waals surface area (Å²) in [5, 5.41) is 0. The molecule has 0 radical (unpaired) electrons. The molecule has 1 aliphatic rings.